The zero-order valence-corrected chi connectivity index (χ0v) is 9.82. The van der Waals surface area contributed by atoms with E-state index in [1.807, 2.05) is 25.1 Å². The van der Waals surface area contributed by atoms with Crippen molar-refractivity contribution in [2.75, 3.05) is 13.7 Å². The van der Waals surface area contributed by atoms with Gasteiger partial charge in [0.2, 0.25) is 0 Å². The Hall–Kier alpha value is -1.77. The summed E-state index contributed by atoms with van der Waals surface area (Å²) in [5.74, 6) is 1.35. The van der Waals surface area contributed by atoms with Crippen LogP contribution in [0, 0.1) is 0 Å². The predicted octanol–water partition coefficient (Wildman–Crippen LogP) is 2.70. The number of hydrogen-bond acceptors (Lipinski definition) is 3. The van der Waals surface area contributed by atoms with Crippen molar-refractivity contribution in [2.45, 2.75) is 13.8 Å². The first-order chi connectivity index (χ1) is 7.72. The second-order valence-corrected chi connectivity index (χ2v) is 3.32. The second-order valence-electron chi connectivity index (χ2n) is 3.32. The van der Waals surface area contributed by atoms with E-state index >= 15 is 0 Å². The minimum atomic E-state index is 0.580. The van der Waals surface area contributed by atoms with Gasteiger partial charge in [0, 0.05) is 5.56 Å². The van der Waals surface area contributed by atoms with E-state index in [4.69, 9.17) is 9.47 Å². The molecule has 0 heterocycles. The maximum Gasteiger partial charge on any atom is 0.167 e. The van der Waals surface area contributed by atoms with E-state index in [2.05, 4.69) is 0 Å². The topological polar surface area (TPSA) is 35.5 Å². The van der Waals surface area contributed by atoms with Gasteiger partial charge in [0.15, 0.2) is 11.5 Å². The first-order valence-corrected chi connectivity index (χ1v) is 5.16. The van der Waals surface area contributed by atoms with Gasteiger partial charge in [-0.3, -0.25) is 4.79 Å². The molecule has 0 radical (unpaired) electrons. The highest BCUT2D eigenvalue weighted by Gasteiger charge is 2.07. The number of aldehydes is 1. The fraction of sp³-hybridized carbons (Fsp3) is 0.308. The zero-order valence-electron chi connectivity index (χ0n) is 9.82. The SMILES string of the molecule is CCOc1cccc(C=C(C)C=O)c1OC. The Bertz CT molecular complexity index is 394. The highest BCUT2D eigenvalue weighted by Crippen LogP contribution is 2.32. The van der Waals surface area contributed by atoms with Crippen LogP contribution < -0.4 is 9.47 Å². The van der Waals surface area contributed by atoms with Crippen molar-refractivity contribution in [1.82, 2.24) is 0 Å². The van der Waals surface area contributed by atoms with E-state index < -0.39 is 0 Å². The van der Waals surface area contributed by atoms with Crippen LogP contribution in [-0.4, -0.2) is 20.0 Å². The van der Waals surface area contributed by atoms with Gasteiger partial charge in [-0.15, -0.1) is 0 Å². The van der Waals surface area contributed by atoms with E-state index in [1.165, 1.54) is 0 Å². The summed E-state index contributed by atoms with van der Waals surface area (Å²) < 4.78 is 10.7. The molecule has 0 atom stereocenters. The highest BCUT2D eigenvalue weighted by molar-refractivity contribution is 5.82. The number of rotatable bonds is 5. The number of methoxy groups -OCH3 is 1. The number of benzene rings is 1. The fourth-order valence-electron chi connectivity index (χ4n) is 1.41. The molecule has 3 heteroatoms. The van der Waals surface area contributed by atoms with Crippen molar-refractivity contribution >= 4 is 12.4 Å². The van der Waals surface area contributed by atoms with Crippen LogP contribution in [0.2, 0.25) is 0 Å². The molecule has 0 saturated heterocycles. The first kappa shape index (κ1) is 12.3. The highest BCUT2D eigenvalue weighted by atomic mass is 16.5. The average molecular weight is 220 g/mol. The molecule has 0 unspecified atom stereocenters. The third-order valence-electron chi connectivity index (χ3n) is 2.08. The van der Waals surface area contributed by atoms with Gasteiger partial charge in [-0.2, -0.15) is 0 Å². The van der Waals surface area contributed by atoms with E-state index in [-0.39, 0.29) is 0 Å². The standard InChI is InChI=1S/C13H16O3/c1-4-16-12-7-5-6-11(13(12)15-3)8-10(2)9-14/h5-9H,4H2,1-3H3. The Morgan fingerprint density at radius 3 is 2.75 bits per heavy atom. The van der Waals surface area contributed by atoms with Crippen LogP contribution in [-0.2, 0) is 4.79 Å². The molecule has 0 aliphatic carbocycles. The molecular weight excluding hydrogens is 204 g/mol. The number of carbonyl (C=O) groups is 1. The third-order valence-corrected chi connectivity index (χ3v) is 2.08. The van der Waals surface area contributed by atoms with Gasteiger partial charge in [-0.1, -0.05) is 12.1 Å². The minimum Gasteiger partial charge on any atom is -0.492 e. The molecule has 3 nitrogen and oxygen atoms in total. The van der Waals surface area contributed by atoms with Gasteiger partial charge in [-0.25, -0.2) is 0 Å². The third kappa shape index (κ3) is 2.86. The Balaban J connectivity index is 3.18. The summed E-state index contributed by atoms with van der Waals surface area (Å²) in [5.41, 5.74) is 1.49. The van der Waals surface area contributed by atoms with Crippen LogP contribution in [0.1, 0.15) is 19.4 Å². The predicted molar refractivity (Wildman–Crippen MR) is 63.9 cm³/mol. The van der Waals surface area contributed by atoms with Crippen LogP contribution in [0.15, 0.2) is 23.8 Å². The van der Waals surface area contributed by atoms with E-state index in [0.717, 1.165) is 11.8 Å². The van der Waals surface area contributed by atoms with E-state index in [9.17, 15) is 4.79 Å². The molecule has 16 heavy (non-hydrogen) atoms. The average Bonchev–Trinajstić information content (AvgIpc) is 2.29. The zero-order chi connectivity index (χ0) is 12.0. The Morgan fingerprint density at radius 1 is 1.44 bits per heavy atom. The second kappa shape index (κ2) is 5.95. The molecular formula is C13H16O3. The molecule has 0 bridgehead atoms. The monoisotopic (exact) mass is 220 g/mol. The Labute approximate surface area is 95.7 Å². The number of carbonyl (C=O) groups excluding carboxylic acids is 1. The summed E-state index contributed by atoms with van der Waals surface area (Å²) in [6.07, 6.45) is 2.58. The van der Waals surface area contributed by atoms with Crippen molar-refractivity contribution in [3.05, 3.63) is 29.3 Å². The first-order valence-electron chi connectivity index (χ1n) is 5.16. The van der Waals surface area contributed by atoms with E-state index in [0.29, 0.717) is 23.7 Å². The summed E-state index contributed by atoms with van der Waals surface area (Å²) in [6, 6.07) is 5.60. The van der Waals surface area contributed by atoms with Crippen LogP contribution in [0.25, 0.3) is 6.08 Å². The van der Waals surface area contributed by atoms with Crippen molar-refractivity contribution < 1.29 is 14.3 Å². The van der Waals surface area contributed by atoms with Crippen LogP contribution in [0.3, 0.4) is 0 Å². The molecule has 0 aromatic heterocycles. The van der Waals surface area contributed by atoms with E-state index in [1.54, 1.807) is 20.1 Å². The fourth-order valence-corrected chi connectivity index (χ4v) is 1.41. The molecule has 86 valence electrons. The number of ether oxygens (including phenoxy) is 2. The van der Waals surface area contributed by atoms with Crippen LogP contribution in [0.5, 0.6) is 11.5 Å². The quantitative estimate of drug-likeness (QED) is 0.565. The lowest BCUT2D eigenvalue weighted by molar-refractivity contribution is -0.104. The molecule has 0 amide bonds. The lowest BCUT2D eigenvalue weighted by Gasteiger charge is -2.11. The van der Waals surface area contributed by atoms with Gasteiger partial charge < -0.3 is 9.47 Å². The number of allylic oxidation sites excluding steroid dienone is 1. The largest absolute Gasteiger partial charge is 0.492 e. The Kier molecular flexibility index (Phi) is 4.58. The lowest BCUT2D eigenvalue weighted by atomic mass is 10.1. The molecule has 0 fully saturated rings. The lowest BCUT2D eigenvalue weighted by Crippen LogP contribution is -1.96. The van der Waals surface area contributed by atoms with Crippen LogP contribution >= 0.6 is 0 Å². The van der Waals surface area contributed by atoms with Crippen molar-refractivity contribution in [3.8, 4) is 11.5 Å². The molecule has 0 aliphatic rings. The number of para-hydroxylation sites is 1. The van der Waals surface area contributed by atoms with Crippen molar-refractivity contribution in [1.29, 1.82) is 0 Å². The van der Waals surface area contributed by atoms with Gasteiger partial charge >= 0.3 is 0 Å². The maximum absolute atomic E-state index is 10.6. The van der Waals surface area contributed by atoms with Gasteiger partial charge in [-0.05, 0) is 31.6 Å². The normalized spacial score (nSPS) is 11.1. The molecule has 1 aromatic rings. The van der Waals surface area contributed by atoms with Gasteiger partial charge in [0.05, 0.1) is 13.7 Å². The summed E-state index contributed by atoms with van der Waals surface area (Å²) in [7, 11) is 1.59. The molecule has 1 rings (SSSR count). The molecule has 0 N–H and O–H groups in total. The summed E-state index contributed by atoms with van der Waals surface area (Å²) in [4.78, 5) is 10.6. The van der Waals surface area contributed by atoms with Crippen molar-refractivity contribution in [3.63, 3.8) is 0 Å². The summed E-state index contributed by atoms with van der Waals surface area (Å²) in [6.45, 7) is 4.24. The van der Waals surface area contributed by atoms with Gasteiger partial charge in [0.1, 0.15) is 6.29 Å². The maximum atomic E-state index is 10.6. The molecule has 0 spiro atoms. The van der Waals surface area contributed by atoms with Gasteiger partial charge in [0.25, 0.3) is 0 Å². The molecule has 0 saturated carbocycles. The molecule has 1 aromatic carbocycles. The minimum absolute atomic E-state index is 0.580. The number of hydrogen-bond donors (Lipinski definition) is 0. The summed E-state index contributed by atoms with van der Waals surface area (Å²) in [5, 5.41) is 0. The van der Waals surface area contributed by atoms with Crippen molar-refractivity contribution in [2.24, 2.45) is 0 Å². The molecule has 0 aliphatic heterocycles. The summed E-state index contributed by atoms with van der Waals surface area (Å²) >= 11 is 0. The van der Waals surface area contributed by atoms with Crippen LogP contribution in [0.4, 0.5) is 0 Å². The smallest absolute Gasteiger partial charge is 0.167 e. The Morgan fingerprint density at radius 2 is 2.19 bits per heavy atom.